The summed E-state index contributed by atoms with van der Waals surface area (Å²) in [7, 11) is 0. The fourth-order valence-corrected chi connectivity index (χ4v) is 5.65. The lowest BCUT2D eigenvalue weighted by Crippen LogP contribution is -2.31. The van der Waals surface area contributed by atoms with Crippen molar-refractivity contribution in [1.82, 2.24) is 15.3 Å². The molecular weight excluding hydrogens is 566 g/mol. The van der Waals surface area contributed by atoms with Crippen LogP contribution >= 0.6 is 11.8 Å². The highest BCUT2D eigenvalue weighted by Gasteiger charge is 2.32. The molecule has 1 aliphatic heterocycles. The van der Waals surface area contributed by atoms with Gasteiger partial charge in [0.15, 0.2) is 11.4 Å². The lowest BCUT2D eigenvalue weighted by molar-refractivity contribution is -0.245. The molecule has 1 saturated heterocycles. The Kier molecular flexibility index (Phi) is 10.5. The van der Waals surface area contributed by atoms with Crippen molar-refractivity contribution in [3.63, 3.8) is 0 Å². The van der Waals surface area contributed by atoms with Gasteiger partial charge in [0, 0.05) is 43.1 Å². The maximum Gasteiger partial charge on any atom is 0.303 e. The van der Waals surface area contributed by atoms with Crippen molar-refractivity contribution in [2.24, 2.45) is 0 Å². The van der Waals surface area contributed by atoms with Crippen LogP contribution < -0.4 is 5.32 Å². The van der Waals surface area contributed by atoms with Crippen LogP contribution in [0.15, 0.2) is 96.4 Å². The van der Waals surface area contributed by atoms with E-state index in [1.54, 1.807) is 30.2 Å². The number of carbonyl (C=O) groups is 2. The van der Waals surface area contributed by atoms with E-state index < -0.39 is 12.3 Å². The van der Waals surface area contributed by atoms with E-state index in [1.165, 1.54) is 0 Å². The molecule has 3 aromatic carbocycles. The van der Waals surface area contributed by atoms with Crippen LogP contribution in [0.3, 0.4) is 0 Å². The smallest absolute Gasteiger partial charge is 0.303 e. The average molecular weight is 600 g/mol. The molecule has 9 nitrogen and oxygen atoms in total. The maximum absolute atomic E-state index is 12.1. The van der Waals surface area contributed by atoms with Gasteiger partial charge in [0.05, 0.1) is 25.2 Å². The number of hydrogen-bond acceptors (Lipinski definition) is 8. The Morgan fingerprint density at radius 2 is 1.60 bits per heavy atom. The van der Waals surface area contributed by atoms with Gasteiger partial charge >= 0.3 is 5.97 Å². The van der Waals surface area contributed by atoms with Gasteiger partial charge in [0.2, 0.25) is 5.91 Å². The topological polar surface area (TPSA) is 131 Å². The number of aliphatic carboxylic acids is 1. The number of aromatic nitrogens is 2. The summed E-state index contributed by atoms with van der Waals surface area (Å²) in [5.41, 5.74) is 5.61. The first-order chi connectivity index (χ1) is 21.0. The molecule has 1 aromatic heterocycles. The number of aliphatic hydroxyl groups is 1. The zero-order valence-electron chi connectivity index (χ0n) is 23.5. The van der Waals surface area contributed by atoms with Crippen LogP contribution in [0.4, 0.5) is 0 Å². The van der Waals surface area contributed by atoms with Crippen molar-refractivity contribution in [2.75, 3.05) is 5.75 Å². The summed E-state index contributed by atoms with van der Waals surface area (Å²) < 4.78 is 12.9. The second kappa shape index (κ2) is 14.9. The van der Waals surface area contributed by atoms with E-state index in [9.17, 15) is 14.7 Å². The Morgan fingerprint density at radius 1 is 0.884 bits per heavy atom. The fourth-order valence-electron chi connectivity index (χ4n) is 4.83. The molecule has 222 valence electrons. The Balaban J connectivity index is 1.31. The van der Waals surface area contributed by atoms with Gasteiger partial charge in [-0.25, -0.2) is 9.97 Å². The highest BCUT2D eigenvalue weighted by Crippen LogP contribution is 2.39. The van der Waals surface area contributed by atoms with Crippen molar-refractivity contribution < 1.29 is 29.3 Å². The number of benzene rings is 3. The van der Waals surface area contributed by atoms with Crippen molar-refractivity contribution in [1.29, 1.82) is 0 Å². The van der Waals surface area contributed by atoms with E-state index in [0.29, 0.717) is 23.9 Å². The minimum absolute atomic E-state index is 0.0134. The first-order valence-corrected chi connectivity index (χ1v) is 15.0. The van der Waals surface area contributed by atoms with Gasteiger partial charge in [-0.2, -0.15) is 0 Å². The summed E-state index contributed by atoms with van der Waals surface area (Å²) in [6.45, 7) is 0.285. The zero-order valence-corrected chi connectivity index (χ0v) is 24.3. The molecule has 0 unspecified atom stereocenters. The Hall–Kier alpha value is -4.09. The van der Waals surface area contributed by atoms with Gasteiger partial charge in [-0.15, -0.1) is 0 Å². The summed E-state index contributed by atoms with van der Waals surface area (Å²) in [6.07, 6.45) is 2.96. The Bertz CT molecular complexity index is 1500. The van der Waals surface area contributed by atoms with Gasteiger partial charge < -0.3 is 25.0 Å². The number of nitrogens with zero attached hydrogens (tertiary/aromatic N) is 2. The highest BCUT2D eigenvalue weighted by atomic mass is 32.2. The lowest BCUT2D eigenvalue weighted by atomic mass is 9.97. The molecule has 10 heteroatoms. The second-order valence-electron chi connectivity index (χ2n) is 10.1. The molecule has 0 bridgehead atoms. The summed E-state index contributed by atoms with van der Waals surface area (Å²) in [4.78, 5) is 31.5. The predicted molar refractivity (Wildman–Crippen MR) is 162 cm³/mol. The highest BCUT2D eigenvalue weighted by molar-refractivity contribution is 7.99. The van der Waals surface area contributed by atoms with E-state index in [1.807, 2.05) is 72.8 Å². The first-order valence-electron chi connectivity index (χ1n) is 14.1. The fraction of sp³-hybridized carbons (Fsp3) is 0.273. The number of aliphatic hydroxyl groups excluding tert-OH is 1. The molecule has 3 N–H and O–H groups in total. The van der Waals surface area contributed by atoms with Crippen LogP contribution in [-0.4, -0.2) is 43.9 Å². The van der Waals surface area contributed by atoms with Crippen LogP contribution in [0.2, 0.25) is 0 Å². The van der Waals surface area contributed by atoms with Crippen LogP contribution in [0, 0.1) is 0 Å². The molecule has 43 heavy (non-hydrogen) atoms. The van der Waals surface area contributed by atoms with Crippen LogP contribution in [0.25, 0.3) is 11.1 Å². The third-order valence-electron chi connectivity index (χ3n) is 7.11. The molecule has 0 spiro atoms. The molecule has 3 atom stereocenters. The largest absolute Gasteiger partial charge is 0.481 e. The number of amides is 1. The van der Waals surface area contributed by atoms with Crippen molar-refractivity contribution >= 4 is 23.6 Å². The Labute approximate surface area is 254 Å². The van der Waals surface area contributed by atoms with Gasteiger partial charge in [0.25, 0.3) is 0 Å². The molecular formula is C33H33N3O6S. The minimum Gasteiger partial charge on any atom is -0.481 e. The quantitative estimate of drug-likeness (QED) is 0.144. The molecule has 5 rings (SSSR count). The lowest BCUT2D eigenvalue weighted by Gasteiger charge is -2.36. The average Bonchev–Trinajstić information content (AvgIpc) is 3.06. The van der Waals surface area contributed by atoms with Crippen LogP contribution in [0.1, 0.15) is 53.9 Å². The molecule has 1 amide bonds. The molecule has 1 fully saturated rings. The van der Waals surface area contributed by atoms with Gasteiger partial charge in [-0.3, -0.25) is 9.59 Å². The number of carbonyl (C=O) groups excluding carboxylic acids is 1. The van der Waals surface area contributed by atoms with E-state index in [4.69, 9.17) is 14.6 Å². The summed E-state index contributed by atoms with van der Waals surface area (Å²) in [5, 5.41) is 21.8. The van der Waals surface area contributed by atoms with E-state index in [0.717, 1.165) is 33.4 Å². The van der Waals surface area contributed by atoms with Crippen LogP contribution in [0.5, 0.6) is 0 Å². The molecule has 0 saturated carbocycles. The summed E-state index contributed by atoms with van der Waals surface area (Å²) >= 11 is 1.54. The van der Waals surface area contributed by atoms with E-state index >= 15 is 0 Å². The number of hydrogen-bond donors (Lipinski definition) is 3. The van der Waals surface area contributed by atoms with Crippen molar-refractivity contribution in [2.45, 2.75) is 56.1 Å². The summed E-state index contributed by atoms with van der Waals surface area (Å²) in [5.74, 6) is -0.632. The minimum atomic E-state index is -0.997. The normalized spacial score (nSPS) is 18.2. The zero-order chi connectivity index (χ0) is 30.0. The molecule has 0 radical (unpaired) electrons. The van der Waals surface area contributed by atoms with Crippen LogP contribution in [-0.2, 0) is 32.2 Å². The Morgan fingerprint density at radius 3 is 2.33 bits per heavy atom. The molecule has 4 aromatic rings. The molecule has 1 aliphatic rings. The monoisotopic (exact) mass is 599 g/mol. The van der Waals surface area contributed by atoms with Gasteiger partial charge in [-0.1, -0.05) is 84.6 Å². The number of thioether (sulfide) groups is 1. The van der Waals surface area contributed by atoms with Gasteiger partial charge in [-0.05, 0) is 33.9 Å². The van der Waals surface area contributed by atoms with Gasteiger partial charge in [0.1, 0.15) is 0 Å². The maximum atomic E-state index is 12.1. The first kappa shape index (κ1) is 30.4. The number of carboxylic acids is 1. The van der Waals surface area contributed by atoms with E-state index in [-0.39, 0.29) is 37.6 Å². The SMILES string of the molecule is O=C(O)CCC(=O)NCc1ccccc1-c1ccc([C@@H]2O[C@H](CSc3ncccn3)C[C@H](c3ccc(CO)cc3)O2)cc1. The number of carboxylic acid groups (broad SMARTS) is 1. The summed E-state index contributed by atoms with van der Waals surface area (Å²) in [6, 6.07) is 25.4. The van der Waals surface area contributed by atoms with E-state index in [2.05, 4.69) is 15.3 Å². The molecule has 0 aliphatic carbocycles. The standard InChI is InChI=1S/C33H33N3O6S/c37-20-22-6-8-24(9-7-22)29-18-27(21-43-33-34-16-3-17-35-33)41-32(42-29)25-12-10-23(11-13-25)28-5-2-1-4-26(28)19-36-30(38)14-15-31(39)40/h1-13,16-17,27,29,32,37H,14-15,18-21H2,(H,36,38)(H,39,40)/t27-,29+,32+/m0/s1. The predicted octanol–water partition coefficient (Wildman–Crippen LogP) is 5.45. The van der Waals surface area contributed by atoms with Crippen molar-refractivity contribution in [3.05, 3.63) is 114 Å². The van der Waals surface area contributed by atoms with Crippen molar-refractivity contribution in [3.8, 4) is 11.1 Å². The number of nitrogens with one attached hydrogen (secondary N) is 1. The second-order valence-corrected chi connectivity index (χ2v) is 11.1. The number of rotatable bonds is 12. The third kappa shape index (κ3) is 8.48. The number of ether oxygens (including phenoxy) is 2. The molecule has 2 heterocycles. The third-order valence-corrected chi connectivity index (χ3v) is 8.12.